The van der Waals surface area contributed by atoms with E-state index in [0.29, 0.717) is 5.69 Å². The quantitative estimate of drug-likeness (QED) is 0.724. The summed E-state index contributed by atoms with van der Waals surface area (Å²) in [7, 11) is 0. The highest BCUT2D eigenvalue weighted by molar-refractivity contribution is 9.10. The van der Waals surface area contributed by atoms with Gasteiger partial charge in [0.05, 0.1) is 11.3 Å². The highest BCUT2D eigenvalue weighted by atomic mass is 79.9. The number of hydrogen-bond acceptors (Lipinski definition) is 3. The number of nitrogens with two attached hydrogens (primary N) is 1. The van der Waals surface area contributed by atoms with Gasteiger partial charge in [-0.1, -0.05) is 28.1 Å². The Hall–Kier alpha value is -2.93. The van der Waals surface area contributed by atoms with E-state index < -0.39 is 11.8 Å². The minimum Gasteiger partial charge on any atom is -0.366 e. The maximum atomic E-state index is 12.3. The molecule has 1 aromatic heterocycles. The first-order chi connectivity index (χ1) is 11.5. The first-order valence-corrected chi connectivity index (χ1v) is 7.84. The zero-order valence-electron chi connectivity index (χ0n) is 12.4. The van der Waals surface area contributed by atoms with E-state index in [1.54, 1.807) is 41.4 Å². The molecule has 0 spiro atoms. The molecule has 0 saturated carbocycles. The van der Waals surface area contributed by atoms with Gasteiger partial charge in [0, 0.05) is 16.4 Å². The summed E-state index contributed by atoms with van der Waals surface area (Å²) in [5.74, 6) is -1.02. The van der Waals surface area contributed by atoms with Crippen LogP contribution in [0.5, 0.6) is 0 Å². The number of nitrogens with zero attached hydrogens (tertiary/aromatic N) is 2. The number of amides is 2. The molecule has 2 aromatic carbocycles. The average molecular weight is 385 g/mol. The second kappa shape index (κ2) is 6.67. The molecular formula is C17H13BrN4O2. The second-order valence-electron chi connectivity index (χ2n) is 5.01. The molecule has 0 aliphatic carbocycles. The van der Waals surface area contributed by atoms with Crippen molar-refractivity contribution >= 4 is 33.4 Å². The van der Waals surface area contributed by atoms with Crippen LogP contribution >= 0.6 is 15.9 Å². The minimum atomic E-state index is -0.605. The molecule has 0 atom stereocenters. The number of hydrogen-bond donors (Lipinski definition) is 2. The molecule has 0 radical (unpaired) electrons. The van der Waals surface area contributed by atoms with Crippen molar-refractivity contribution in [3.8, 4) is 5.69 Å². The van der Waals surface area contributed by atoms with Crippen LogP contribution in [-0.2, 0) is 0 Å². The smallest absolute Gasteiger partial charge is 0.275 e. The molecule has 24 heavy (non-hydrogen) atoms. The van der Waals surface area contributed by atoms with Gasteiger partial charge in [0.25, 0.3) is 11.8 Å². The zero-order valence-corrected chi connectivity index (χ0v) is 14.0. The largest absolute Gasteiger partial charge is 0.366 e. The highest BCUT2D eigenvalue weighted by Gasteiger charge is 2.14. The number of rotatable bonds is 4. The molecule has 0 saturated heterocycles. The summed E-state index contributed by atoms with van der Waals surface area (Å²) in [6.45, 7) is 0. The Labute approximate surface area is 146 Å². The predicted molar refractivity (Wildman–Crippen MR) is 94.2 cm³/mol. The summed E-state index contributed by atoms with van der Waals surface area (Å²) >= 11 is 3.38. The lowest BCUT2D eigenvalue weighted by atomic mass is 10.1. The summed E-state index contributed by atoms with van der Waals surface area (Å²) in [4.78, 5) is 27.9. The number of imidazole rings is 1. The number of halogens is 1. The van der Waals surface area contributed by atoms with Gasteiger partial charge in [0.1, 0.15) is 12.0 Å². The Kier molecular flexibility index (Phi) is 4.43. The van der Waals surface area contributed by atoms with Gasteiger partial charge in [-0.3, -0.25) is 9.59 Å². The lowest BCUT2D eigenvalue weighted by Crippen LogP contribution is -2.18. The molecule has 3 N–H and O–H groups in total. The molecule has 6 nitrogen and oxygen atoms in total. The first kappa shape index (κ1) is 15.9. The van der Waals surface area contributed by atoms with Gasteiger partial charge in [-0.2, -0.15) is 0 Å². The molecule has 120 valence electrons. The predicted octanol–water partition coefficient (Wildman–Crippen LogP) is 2.99. The number of nitrogens with one attached hydrogen (secondary N) is 1. The summed E-state index contributed by atoms with van der Waals surface area (Å²) in [6.07, 6.45) is 3.17. The van der Waals surface area contributed by atoms with E-state index in [0.717, 1.165) is 10.2 Å². The monoisotopic (exact) mass is 384 g/mol. The van der Waals surface area contributed by atoms with E-state index in [2.05, 4.69) is 26.2 Å². The van der Waals surface area contributed by atoms with Crippen molar-refractivity contribution in [1.29, 1.82) is 0 Å². The van der Waals surface area contributed by atoms with Crippen molar-refractivity contribution in [3.05, 3.63) is 76.8 Å². The third-order valence-electron chi connectivity index (χ3n) is 3.38. The fraction of sp³-hybridized carbons (Fsp3) is 0. The first-order valence-electron chi connectivity index (χ1n) is 7.05. The van der Waals surface area contributed by atoms with Crippen molar-refractivity contribution in [2.75, 3.05) is 5.32 Å². The lowest BCUT2D eigenvalue weighted by molar-refractivity contribution is 0.100. The number of aromatic nitrogens is 2. The molecule has 0 bridgehead atoms. The standard InChI is InChI=1S/C17H13BrN4O2/c18-11-5-7-12(8-6-11)22-9-15(20-10-22)17(24)21-14-4-2-1-3-13(14)16(19)23/h1-10H,(H2,19,23)(H,21,24). The van der Waals surface area contributed by atoms with Crippen LogP contribution in [0.2, 0.25) is 0 Å². The molecule has 3 aromatic rings. The normalized spacial score (nSPS) is 10.4. The summed E-state index contributed by atoms with van der Waals surface area (Å²) in [5, 5.41) is 2.66. The number of para-hydroxylation sites is 1. The maximum absolute atomic E-state index is 12.3. The Morgan fingerprint density at radius 3 is 2.50 bits per heavy atom. The van der Waals surface area contributed by atoms with E-state index in [1.165, 1.54) is 0 Å². The van der Waals surface area contributed by atoms with Crippen LogP contribution in [0.3, 0.4) is 0 Å². The molecule has 0 unspecified atom stereocenters. The highest BCUT2D eigenvalue weighted by Crippen LogP contribution is 2.17. The van der Waals surface area contributed by atoms with Crippen molar-refractivity contribution in [2.24, 2.45) is 5.73 Å². The van der Waals surface area contributed by atoms with Crippen LogP contribution in [-0.4, -0.2) is 21.4 Å². The number of anilines is 1. The van der Waals surface area contributed by atoms with Gasteiger partial charge < -0.3 is 15.6 Å². The van der Waals surface area contributed by atoms with Crippen LogP contribution in [0.15, 0.2) is 65.5 Å². The molecule has 0 aliphatic heterocycles. The maximum Gasteiger partial charge on any atom is 0.275 e. The third-order valence-corrected chi connectivity index (χ3v) is 3.91. The lowest BCUT2D eigenvalue weighted by Gasteiger charge is -2.07. The summed E-state index contributed by atoms with van der Waals surface area (Å²) in [6, 6.07) is 14.2. The SMILES string of the molecule is NC(=O)c1ccccc1NC(=O)c1cn(-c2ccc(Br)cc2)cn1. The molecule has 2 amide bonds. The van der Waals surface area contributed by atoms with E-state index in [9.17, 15) is 9.59 Å². The summed E-state index contributed by atoms with van der Waals surface area (Å²) < 4.78 is 2.70. The van der Waals surface area contributed by atoms with E-state index >= 15 is 0 Å². The van der Waals surface area contributed by atoms with Crippen LogP contribution in [0.4, 0.5) is 5.69 Å². The number of carbonyl (C=O) groups is 2. The molecule has 0 aliphatic rings. The molecule has 7 heteroatoms. The van der Waals surface area contributed by atoms with Gasteiger partial charge in [0.15, 0.2) is 0 Å². The summed E-state index contributed by atoms with van der Waals surface area (Å²) in [5.41, 5.74) is 7.02. The minimum absolute atomic E-state index is 0.234. The van der Waals surface area contributed by atoms with E-state index in [4.69, 9.17) is 5.73 Å². The van der Waals surface area contributed by atoms with Crippen LogP contribution in [0, 0.1) is 0 Å². The molecule has 3 rings (SSSR count). The Morgan fingerprint density at radius 1 is 1.08 bits per heavy atom. The van der Waals surface area contributed by atoms with Crippen molar-refractivity contribution in [1.82, 2.24) is 9.55 Å². The molecule has 1 heterocycles. The second-order valence-corrected chi connectivity index (χ2v) is 5.92. The average Bonchev–Trinajstić information content (AvgIpc) is 3.06. The number of carbonyl (C=O) groups excluding carboxylic acids is 2. The van der Waals surface area contributed by atoms with Crippen LogP contribution in [0.25, 0.3) is 5.69 Å². The van der Waals surface area contributed by atoms with Gasteiger partial charge >= 0.3 is 0 Å². The number of benzene rings is 2. The van der Waals surface area contributed by atoms with Crippen molar-refractivity contribution < 1.29 is 9.59 Å². The topological polar surface area (TPSA) is 90.0 Å². The van der Waals surface area contributed by atoms with Crippen molar-refractivity contribution in [2.45, 2.75) is 0 Å². The van der Waals surface area contributed by atoms with Crippen LogP contribution < -0.4 is 11.1 Å². The molecular weight excluding hydrogens is 372 g/mol. The van der Waals surface area contributed by atoms with Gasteiger partial charge in [-0.25, -0.2) is 4.98 Å². The van der Waals surface area contributed by atoms with Gasteiger partial charge in [-0.05, 0) is 36.4 Å². The van der Waals surface area contributed by atoms with Crippen LogP contribution in [0.1, 0.15) is 20.8 Å². The Morgan fingerprint density at radius 2 is 1.79 bits per heavy atom. The fourth-order valence-corrected chi connectivity index (χ4v) is 2.45. The van der Waals surface area contributed by atoms with E-state index in [1.807, 2.05) is 24.3 Å². The number of primary amides is 1. The Bertz CT molecular complexity index is 903. The third kappa shape index (κ3) is 3.36. The zero-order chi connectivity index (χ0) is 17.1. The van der Waals surface area contributed by atoms with Crippen molar-refractivity contribution in [3.63, 3.8) is 0 Å². The fourth-order valence-electron chi connectivity index (χ4n) is 2.19. The van der Waals surface area contributed by atoms with Gasteiger partial charge in [0.2, 0.25) is 0 Å². The molecule has 0 fully saturated rings. The van der Waals surface area contributed by atoms with Gasteiger partial charge in [-0.15, -0.1) is 0 Å². The Balaban J connectivity index is 1.82. The van der Waals surface area contributed by atoms with E-state index in [-0.39, 0.29) is 11.3 Å².